The number of rotatable bonds is 13. The molecule has 4 N–H and O–H groups in total. The zero-order valence-electron chi connectivity index (χ0n) is 28.2. The quantitative estimate of drug-likeness (QED) is 0.142. The number of nitrogens with one attached hydrogen (secondary N) is 4. The van der Waals surface area contributed by atoms with E-state index in [4.69, 9.17) is 37.9 Å². The largest absolute Gasteiger partial charge is 0.481 e. The van der Waals surface area contributed by atoms with E-state index in [1.807, 2.05) is 59.5 Å². The first-order valence-electron chi connectivity index (χ1n) is 17.2. The number of fused-ring (bicyclic) bond motifs is 1. The third kappa shape index (κ3) is 7.57. The van der Waals surface area contributed by atoms with Crippen molar-refractivity contribution in [2.45, 2.75) is 50.9 Å². The van der Waals surface area contributed by atoms with Gasteiger partial charge >= 0.3 is 0 Å². The van der Waals surface area contributed by atoms with Crippen molar-refractivity contribution in [2.24, 2.45) is 0 Å². The molecule has 264 valence electrons. The maximum absolute atomic E-state index is 13.4. The first kappa shape index (κ1) is 34.9. The van der Waals surface area contributed by atoms with Gasteiger partial charge in [-0.25, -0.2) is 4.98 Å². The van der Waals surface area contributed by atoms with E-state index in [9.17, 15) is 14.4 Å². The average molecular weight is 729 g/mol. The van der Waals surface area contributed by atoms with Crippen molar-refractivity contribution in [3.63, 3.8) is 0 Å². The van der Waals surface area contributed by atoms with Gasteiger partial charge in [0.15, 0.2) is 0 Å². The molecule has 2 aromatic heterocycles. The summed E-state index contributed by atoms with van der Waals surface area (Å²) >= 11 is 14.2. The van der Waals surface area contributed by atoms with E-state index >= 15 is 0 Å². The van der Waals surface area contributed by atoms with Crippen LogP contribution in [0.3, 0.4) is 0 Å². The van der Waals surface area contributed by atoms with Crippen LogP contribution in [-0.4, -0.2) is 78.0 Å². The second-order valence-corrected chi connectivity index (χ2v) is 13.8. The number of halogens is 2. The molecule has 2 atom stereocenters. The fourth-order valence-electron chi connectivity index (χ4n) is 6.92. The summed E-state index contributed by atoms with van der Waals surface area (Å²) in [6.07, 6.45) is 4.55. The Morgan fingerprint density at radius 3 is 2.08 bits per heavy atom. The first-order valence-corrected chi connectivity index (χ1v) is 17.9. The van der Waals surface area contributed by atoms with Crippen LogP contribution in [0.25, 0.3) is 33.6 Å². The lowest BCUT2D eigenvalue weighted by Gasteiger charge is -2.17. The van der Waals surface area contributed by atoms with Gasteiger partial charge in [-0.05, 0) is 25.0 Å². The molecular formula is C38H39Cl2N7O4. The summed E-state index contributed by atoms with van der Waals surface area (Å²) in [5.41, 5.74) is 6.53. The number of carbonyl (C=O) groups is 3. The number of nitrogens with zero attached hydrogens (tertiary/aromatic N) is 3. The van der Waals surface area contributed by atoms with Gasteiger partial charge in [0, 0.05) is 109 Å². The number of pyridine rings is 2. The van der Waals surface area contributed by atoms with Crippen molar-refractivity contribution in [1.29, 1.82) is 0 Å². The maximum atomic E-state index is 13.4. The Hall–Kier alpha value is -4.55. The highest BCUT2D eigenvalue weighted by atomic mass is 35.5. The number of amides is 3. The molecule has 0 spiro atoms. The molecule has 5 heterocycles. The molecule has 0 unspecified atom stereocenters. The van der Waals surface area contributed by atoms with Gasteiger partial charge in [0.1, 0.15) is 0 Å². The van der Waals surface area contributed by atoms with Gasteiger partial charge in [0.25, 0.3) is 5.91 Å². The predicted molar refractivity (Wildman–Crippen MR) is 197 cm³/mol. The zero-order chi connectivity index (χ0) is 35.5. The van der Waals surface area contributed by atoms with E-state index < -0.39 is 0 Å². The summed E-state index contributed by atoms with van der Waals surface area (Å²) < 4.78 is 5.64. The van der Waals surface area contributed by atoms with E-state index in [0.29, 0.717) is 90.6 Å². The summed E-state index contributed by atoms with van der Waals surface area (Å²) in [5.74, 6) is 0.633. The number of benzene rings is 2. The Kier molecular flexibility index (Phi) is 10.5. The summed E-state index contributed by atoms with van der Waals surface area (Å²) in [6.45, 7) is 3.58. The Morgan fingerprint density at radius 2 is 1.45 bits per heavy atom. The van der Waals surface area contributed by atoms with Crippen LogP contribution in [-0.2, 0) is 22.7 Å². The number of hydrogen-bond donors (Lipinski definition) is 4. The summed E-state index contributed by atoms with van der Waals surface area (Å²) in [7, 11) is 1.59. The average Bonchev–Trinajstić information content (AvgIpc) is 3.84. The minimum Gasteiger partial charge on any atom is -0.481 e. The molecule has 3 aliphatic rings. The Bertz CT molecular complexity index is 1990. The van der Waals surface area contributed by atoms with Crippen molar-refractivity contribution in [2.75, 3.05) is 33.3 Å². The lowest BCUT2D eigenvalue weighted by molar-refractivity contribution is -0.120. The van der Waals surface area contributed by atoms with E-state index in [1.54, 1.807) is 13.3 Å². The lowest BCUT2D eigenvalue weighted by atomic mass is 9.97. The van der Waals surface area contributed by atoms with Crippen LogP contribution in [0.4, 0.5) is 0 Å². The van der Waals surface area contributed by atoms with E-state index in [1.165, 1.54) is 0 Å². The minimum absolute atomic E-state index is 0.0420. The van der Waals surface area contributed by atoms with Gasteiger partial charge in [0.05, 0.1) is 28.5 Å². The number of hydrogen-bond acceptors (Lipinski definition) is 8. The van der Waals surface area contributed by atoms with E-state index in [2.05, 4.69) is 21.3 Å². The molecule has 51 heavy (non-hydrogen) atoms. The highest BCUT2D eigenvalue weighted by Crippen LogP contribution is 2.42. The van der Waals surface area contributed by atoms with Crippen LogP contribution >= 0.6 is 23.2 Å². The number of aromatic nitrogens is 2. The van der Waals surface area contributed by atoms with Crippen LogP contribution in [0.2, 0.25) is 10.0 Å². The highest BCUT2D eigenvalue weighted by molar-refractivity contribution is 6.39. The Balaban J connectivity index is 1.06. The van der Waals surface area contributed by atoms with Gasteiger partial charge in [-0.2, -0.15) is 0 Å². The van der Waals surface area contributed by atoms with Crippen LogP contribution < -0.4 is 26.0 Å². The normalized spacial score (nSPS) is 18.3. The molecule has 0 bridgehead atoms. The molecule has 0 saturated carbocycles. The topological polar surface area (TPSA) is 138 Å². The smallest absolute Gasteiger partial charge is 0.254 e. The van der Waals surface area contributed by atoms with Crippen LogP contribution in [0, 0.1) is 0 Å². The molecule has 11 nitrogen and oxygen atoms in total. The molecule has 0 aliphatic carbocycles. The fourth-order valence-corrected chi connectivity index (χ4v) is 7.57. The molecule has 13 heteroatoms. The SMILES string of the molecule is COc1nc(-c2cccc(-c3cccc(-c4cc5c(cn4)CN(CCNC[C@H]4CCC(=O)N4)C5=O)c3Cl)c2Cl)ccc1CNC[C@@H]1CCC(=O)N1. The van der Waals surface area contributed by atoms with Gasteiger partial charge in [-0.15, -0.1) is 0 Å². The van der Waals surface area contributed by atoms with Crippen LogP contribution in [0.1, 0.15) is 47.2 Å². The standard InChI is InChI=1S/C38H39Cl2N7O4/c1-51-37-22(17-42-20-25-10-13-34(49)45-25)8-11-31(46-37)28-6-2-4-26(35(28)39)27-5-3-7-29(36(27)40)32-16-30-23(18-43-32)21-47(38(30)50)15-14-41-19-24-9-12-33(48)44-24/h2-8,11,16,18,24-25,41-42H,9-10,12-15,17,19-21H2,1H3,(H,44,48)(H,45,49)/t24-,25+/m1/s1. The summed E-state index contributed by atoms with van der Waals surface area (Å²) in [6, 6.07) is 17.4. The van der Waals surface area contributed by atoms with Crippen LogP contribution in [0.5, 0.6) is 5.88 Å². The lowest BCUT2D eigenvalue weighted by Crippen LogP contribution is -2.39. The van der Waals surface area contributed by atoms with Crippen molar-refractivity contribution in [3.8, 4) is 39.5 Å². The fraction of sp³-hybridized carbons (Fsp3) is 0.342. The highest BCUT2D eigenvalue weighted by Gasteiger charge is 2.29. The van der Waals surface area contributed by atoms with Gasteiger partial charge in [0.2, 0.25) is 17.7 Å². The van der Waals surface area contributed by atoms with E-state index in [0.717, 1.165) is 40.7 Å². The number of methoxy groups -OCH3 is 1. The number of ether oxygens (including phenoxy) is 1. The first-order chi connectivity index (χ1) is 24.8. The second kappa shape index (κ2) is 15.4. The molecule has 3 amide bonds. The molecule has 0 radical (unpaired) electrons. The molecule has 4 aromatic rings. The van der Waals surface area contributed by atoms with Crippen molar-refractivity contribution in [3.05, 3.63) is 87.5 Å². The maximum Gasteiger partial charge on any atom is 0.254 e. The van der Waals surface area contributed by atoms with Crippen molar-refractivity contribution < 1.29 is 19.1 Å². The molecule has 7 rings (SSSR count). The molecular weight excluding hydrogens is 689 g/mol. The van der Waals surface area contributed by atoms with Gasteiger partial charge < -0.3 is 30.9 Å². The third-order valence-electron chi connectivity index (χ3n) is 9.66. The Labute approximate surface area is 306 Å². The second-order valence-electron chi connectivity index (χ2n) is 13.1. The monoisotopic (exact) mass is 727 g/mol. The molecule has 2 fully saturated rings. The van der Waals surface area contributed by atoms with Crippen LogP contribution in [0.15, 0.2) is 60.8 Å². The predicted octanol–water partition coefficient (Wildman–Crippen LogP) is 4.99. The van der Waals surface area contributed by atoms with Gasteiger partial charge in [-0.3, -0.25) is 19.4 Å². The number of carbonyl (C=O) groups excluding carboxylic acids is 3. The van der Waals surface area contributed by atoms with Crippen molar-refractivity contribution in [1.82, 2.24) is 36.1 Å². The Morgan fingerprint density at radius 1 is 0.824 bits per heavy atom. The summed E-state index contributed by atoms with van der Waals surface area (Å²) in [5, 5.41) is 13.6. The molecule has 2 aromatic carbocycles. The van der Waals surface area contributed by atoms with Gasteiger partial charge in [-0.1, -0.05) is 65.7 Å². The molecule has 2 saturated heterocycles. The minimum atomic E-state index is -0.0420. The zero-order valence-corrected chi connectivity index (χ0v) is 29.7. The van der Waals surface area contributed by atoms with Crippen molar-refractivity contribution >= 4 is 40.9 Å². The van der Waals surface area contributed by atoms with E-state index in [-0.39, 0.29) is 29.8 Å². The third-order valence-corrected chi connectivity index (χ3v) is 10.5. The molecule has 3 aliphatic heterocycles. The summed E-state index contributed by atoms with van der Waals surface area (Å²) in [4.78, 5) is 47.6.